The second kappa shape index (κ2) is 8.51. The fraction of sp³-hybridized carbons (Fsp3) is 0.409. The Balaban J connectivity index is 1.28. The van der Waals surface area contributed by atoms with E-state index in [1.54, 1.807) is 12.1 Å². The number of hydrogen-bond acceptors (Lipinski definition) is 5. The molecule has 2 saturated heterocycles. The van der Waals surface area contributed by atoms with Crippen LogP contribution in [0.4, 0.5) is 17.1 Å². The Hall–Kier alpha value is -3.09. The average Bonchev–Trinajstić information content (AvgIpc) is 2.79. The zero-order valence-electron chi connectivity index (χ0n) is 16.4. The molecular formula is C22H26N4O3. The standard InChI is InChI=1S/C22H26N4O3/c27-22(18-10-12-23(13-11-18)19-4-2-1-3-5-19)25-16-14-24(15-17-25)20-6-8-21(9-7-20)26(28)29/h1-9,18H,10-17H2. The third-order valence-electron chi connectivity index (χ3n) is 5.98. The first kappa shape index (κ1) is 19.2. The van der Waals surface area contributed by atoms with E-state index in [1.807, 2.05) is 11.0 Å². The number of nitro groups is 1. The van der Waals surface area contributed by atoms with Crippen molar-refractivity contribution >= 4 is 23.0 Å². The maximum Gasteiger partial charge on any atom is 0.269 e. The van der Waals surface area contributed by atoms with Crippen molar-refractivity contribution in [1.82, 2.24) is 4.90 Å². The number of hydrogen-bond donors (Lipinski definition) is 0. The summed E-state index contributed by atoms with van der Waals surface area (Å²) in [6, 6.07) is 17.0. The van der Waals surface area contributed by atoms with Crippen LogP contribution in [0, 0.1) is 16.0 Å². The molecule has 4 rings (SSSR count). The van der Waals surface area contributed by atoms with Crippen LogP contribution >= 0.6 is 0 Å². The van der Waals surface area contributed by atoms with Gasteiger partial charge in [0.2, 0.25) is 5.91 Å². The number of carbonyl (C=O) groups excluding carboxylic acids is 1. The summed E-state index contributed by atoms with van der Waals surface area (Å²) < 4.78 is 0. The SMILES string of the molecule is O=C(C1CCN(c2ccccc2)CC1)N1CCN(c2ccc([N+](=O)[O-])cc2)CC1. The van der Waals surface area contributed by atoms with Crippen molar-refractivity contribution in [3.05, 3.63) is 64.7 Å². The van der Waals surface area contributed by atoms with E-state index < -0.39 is 0 Å². The van der Waals surface area contributed by atoms with Crippen molar-refractivity contribution in [2.45, 2.75) is 12.8 Å². The van der Waals surface area contributed by atoms with Crippen LogP contribution in [-0.2, 0) is 4.79 Å². The molecule has 0 aromatic heterocycles. The lowest BCUT2D eigenvalue weighted by atomic mass is 9.94. The maximum atomic E-state index is 13.0. The predicted molar refractivity (Wildman–Crippen MR) is 113 cm³/mol. The van der Waals surface area contributed by atoms with E-state index in [1.165, 1.54) is 17.8 Å². The lowest BCUT2D eigenvalue weighted by molar-refractivity contribution is -0.384. The quantitative estimate of drug-likeness (QED) is 0.589. The Morgan fingerprint density at radius 2 is 1.34 bits per heavy atom. The van der Waals surface area contributed by atoms with Gasteiger partial charge in [0.1, 0.15) is 0 Å². The fourth-order valence-electron chi connectivity index (χ4n) is 4.25. The molecule has 2 fully saturated rings. The van der Waals surface area contributed by atoms with Crippen LogP contribution in [0.5, 0.6) is 0 Å². The van der Waals surface area contributed by atoms with Crippen LogP contribution in [0.1, 0.15) is 12.8 Å². The molecule has 0 radical (unpaired) electrons. The molecule has 152 valence electrons. The molecule has 0 aliphatic carbocycles. The smallest absolute Gasteiger partial charge is 0.269 e. The number of piperidine rings is 1. The number of anilines is 2. The molecule has 2 aromatic carbocycles. The number of benzene rings is 2. The molecule has 0 bridgehead atoms. The van der Waals surface area contributed by atoms with E-state index in [0.717, 1.165) is 44.7 Å². The molecule has 2 aromatic rings. The number of para-hydroxylation sites is 1. The summed E-state index contributed by atoms with van der Waals surface area (Å²) in [5.74, 6) is 0.391. The van der Waals surface area contributed by atoms with Gasteiger partial charge in [0.05, 0.1) is 4.92 Å². The van der Waals surface area contributed by atoms with Gasteiger partial charge < -0.3 is 14.7 Å². The van der Waals surface area contributed by atoms with Crippen molar-refractivity contribution < 1.29 is 9.72 Å². The number of carbonyl (C=O) groups is 1. The Morgan fingerprint density at radius 3 is 1.93 bits per heavy atom. The Kier molecular flexibility index (Phi) is 5.64. The van der Waals surface area contributed by atoms with E-state index in [0.29, 0.717) is 13.1 Å². The number of rotatable bonds is 4. The van der Waals surface area contributed by atoms with Crippen molar-refractivity contribution in [3.8, 4) is 0 Å². The second-order valence-corrected chi connectivity index (χ2v) is 7.68. The highest BCUT2D eigenvalue weighted by molar-refractivity contribution is 5.79. The minimum atomic E-state index is -0.385. The second-order valence-electron chi connectivity index (χ2n) is 7.68. The molecule has 7 heteroatoms. The van der Waals surface area contributed by atoms with Gasteiger partial charge in [-0.25, -0.2) is 0 Å². The highest BCUT2D eigenvalue weighted by Gasteiger charge is 2.30. The van der Waals surface area contributed by atoms with Crippen molar-refractivity contribution in [2.24, 2.45) is 5.92 Å². The largest absolute Gasteiger partial charge is 0.371 e. The van der Waals surface area contributed by atoms with Crippen molar-refractivity contribution in [2.75, 3.05) is 49.1 Å². The summed E-state index contributed by atoms with van der Waals surface area (Å²) in [4.78, 5) is 29.9. The van der Waals surface area contributed by atoms with Crippen molar-refractivity contribution in [1.29, 1.82) is 0 Å². The highest BCUT2D eigenvalue weighted by atomic mass is 16.6. The van der Waals surface area contributed by atoms with Crippen LogP contribution in [-0.4, -0.2) is 55.0 Å². The van der Waals surface area contributed by atoms with Crippen LogP contribution in [0.3, 0.4) is 0 Å². The minimum Gasteiger partial charge on any atom is -0.371 e. The van der Waals surface area contributed by atoms with E-state index in [9.17, 15) is 14.9 Å². The molecule has 7 nitrogen and oxygen atoms in total. The van der Waals surface area contributed by atoms with Crippen LogP contribution in [0.15, 0.2) is 54.6 Å². The van der Waals surface area contributed by atoms with Gasteiger partial charge >= 0.3 is 0 Å². The molecule has 0 spiro atoms. The van der Waals surface area contributed by atoms with Gasteiger partial charge in [0.25, 0.3) is 5.69 Å². The normalized spacial score (nSPS) is 18.0. The highest BCUT2D eigenvalue weighted by Crippen LogP contribution is 2.26. The van der Waals surface area contributed by atoms with Gasteiger partial charge in [0, 0.05) is 68.7 Å². The number of amides is 1. The van der Waals surface area contributed by atoms with Gasteiger partial charge in [-0.3, -0.25) is 14.9 Å². The molecule has 0 saturated carbocycles. The Morgan fingerprint density at radius 1 is 0.793 bits per heavy atom. The lowest BCUT2D eigenvalue weighted by Gasteiger charge is -2.39. The molecular weight excluding hydrogens is 368 g/mol. The first-order valence-electron chi connectivity index (χ1n) is 10.2. The van der Waals surface area contributed by atoms with E-state index in [4.69, 9.17) is 0 Å². The van der Waals surface area contributed by atoms with Crippen LogP contribution in [0.2, 0.25) is 0 Å². The number of nitro benzene ring substituents is 1. The van der Waals surface area contributed by atoms with Crippen LogP contribution in [0.25, 0.3) is 0 Å². The Labute approximate surface area is 170 Å². The summed E-state index contributed by atoms with van der Waals surface area (Å²) >= 11 is 0. The van der Waals surface area contributed by atoms with Gasteiger partial charge in [-0.2, -0.15) is 0 Å². The molecule has 1 amide bonds. The first-order chi connectivity index (χ1) is 14.1. The molecule has 29 heavy (non-hydrogen) atoms. The number of piperazine rings is 1. The molecule has 2 aliphatic rings. The summed E-state index contributed by atoms with van der Waals surface area (Å²) in [6.07, 6.45) is 1.80. The third-order valence-corrected chi connectivity index (χ3v) is 5.98. The summed E-state index contributed by atoms with van der Waals surface area (Å²) in [5, 5.41) is 10.8. The van der Waals surface area contributed by atoms with Gasteiger partial charge in [0.15, 0.2) is 0 Å². The number of non-ortho nitro benzene ring substituents is 1. The molecule has 0 unspecified atom stereocenters. The molecule has 2 heterocycles. The van der Waals surface area contributed by atoms with Crippen LogP contribution < -0.4 is 9.80 Å². The lowest BCUT2D eigenvalue weighted by Crippen LogP contribution is -2.51. The predicted octanol–water partition coefficient (Wildman–Crippen LogP) is 3.16. The topological polar surface area (TPSA) is 69.9 Å². The monoisotopic (exact) mass is 394 g/mol. The Bertz CT molecular complexity index is 840. The summed E-state index contributed by atoms with van der Waals surface area (Å²) in [5.41, 5.74) is 2.30. The fourth-order valence-corrected chi connectivity index (χ4v) is 4.25. The zero-order chi connectivity index (χ0) is 20.2. The molecule has 0 atom stereocenters. The van der Waals surface area contributed by atoms with Gasteiger partial charge in [-0.05, 0) is 37.1 Å². The zero-order valence-corrected chi connectivity index (χ0v) is 16.4. The molecule has 2 aliphatic heterocycles. The van der Waals surface area contributed by atoms with Gasteiger partial charge in [-0.1, -0.05) is 18.2 Å². The van der Waals surface area contributed by atoms with E-state index in [-0.39, 0.29) is 22.4 Å². The maximum absolute atomic E-state index is 13.0. The van der Waals surface area contributed by atoms with Crippen molar-refractivity contribution in [3.63, 3.8) is 0 Å². The molecule has 0 N–H and O–H groups in total. The summed E-state index contributed by atoms with van der Waals surface area (Å²) in [7, 11) is 0. The summed E-state index contributed by atoms with van der Waals surface area (Å²) in [6.45, 7) is 4.76. The number of nitrogens with zero attached hydrogens (tertiary/aromatic N) is 4. The average molecular weight is 394 g/mol. The minimum absolute atomic E-state index is 0.101. The van der Waals surface area contributed by atoms with E-state index in [2.05, 4.69) is 34.1 Å². The first-order valence-corrected chi connectivity index (χ1v) is 10.2. The van der Waals surface area contributed by atoms with E-state index >= 15 is 0 Å². The third kappa shape index (κ3) is 4.34. The van der Waals surface area contributed by atoms with Gasteiger partial charge in [-0.15, -0.1) is 0 Å².